The van der Waals surface area contributed by atoms with Gasteiger partial charge in [-0.05, 0) is 128 Å². The number of carbonyl (C=O) groups is 3. The third-order valence-corrected chi connectivity index (χ3v) is 16.8. The Bertz CT molecular complexity index is 2260. The van der Waals surface area contributed by atoms with E-state index in [2.05, 4.69) is 154 Å². The van der Waals surface area contributed by atoms with Crippen LogP contribution in [0.15, 0.2) is 134 Å². The molecule has 0 aliphatic carbocycles. The number of unbranched alkanes of at least 4 members (excludes halogenated alkanes) is 23. The monoisotopic (exact) mass is 1370 g/mol. The number of phosphoric acid groups is 2. The average molecular weight is 1370 g/mol. The van der Waals surface area contributed by atoms with Gasteiger partial charge in [0.25, 0.3) is 0 Å². The number of aliphatic hydroxyl groups is 2. The minimum absolute atomic E-state index is 0.0800. The van der Waals surface area contributed by atoms with Crippen molar-refractivity contribution in [2.75, 3.05) is 39.6 Å². The van der Waals surface area contributed by atoms with Crippen LogP contribution in [0.25, 0.3) is 0 Å². The molecule has 4 N–H and O–H groups in total. The normalized spacial score (nSPS) is 14.9. The maximum absolute atomic E-state index is 12.9. The standard InChI is InChI=1S/C77H130O16P2/c1-4-7-10-13-16-19-22-25-28-30-31-32-33-34-35-36-37-38-39-41-44-45-48-51-54-57-60-63-75(80)87-66-72(78)67-89-94(83,84)90-68-73(79)69-91-95(85,86)92-71-74(93-77(82)65-62-59-56-53-50-47-42-27-24-21-18-15-12-9-6-3)70-88-76(81)64-61-58-55-52-49-46-43-40-29-26-23-20-17-14-11-8-5-2/h7-12,16-21,25-29,31-32,34-35,42,72-74,78-79H,4-6,13-15,22-24,30,33,36-41,43-71H2,1-3H3,(H,83,84)(H,85,86)/b10-7-,11-8-,12-9-,19-16-,20-17-,21-18-,28-25-,29-26-,32-31-,35-34-,42-27-. The molecule has 0 radical (unpaired) electrons. The van der Waals surface area contributed by atoms with E-state index in [0.29, 0.717) is 19.3 Å². The molecule has 0 heterocycles. The number of carbonyl (C=O) groups excluding carboxylic acids is 3. The molecule has 0 saturated carbocycles. The number of hydrogen-bond acceptors (Lipinski definition) is 14. The van der Waals surface area contributed by atoms with Crippen molar-refractivity contribution >= 4 is 33.6 Å². The van der Waals surface area contributed by atoms with E-state index in [4.69, 9.17) is 32.3 Å². The van der Waals surface area contributed by atoms with Crippen molar-refractivity contribution in [1.29, 1.82) is 0 Å². The highest BCUT2D eigenvalue weighted by atomic mass is 31.2. The Morgan fingerprint density at radius 1 is 0.295 bits per heavy atom. The molecule has 0 aliphatic rings. The van der Waals surface area contributed by atoms with Crippen LogP contribution in [-0.4, -0.2) is 95.9 Å². The van der Waals surface area contributed by atoms with Crippen molar-refractivity contribution in [2.24, 2.45) is 0 Å². The zero-order chi connectivity index (χ0) is 69.5. The highest BCUT2D eigenvalue weighted by Crippen LogP contribution is 2.45. The van der Waals surface area contributed by atoms with Gasteiger partial charge in [0.2, 0.25) is 0 Å². The maximum Gasteiger partial charge on any atom is 0.472 e. The predicted octanol–water partition coefficient (Wildman–Crippen LogP) is 20.8. The van der Waals surface area contributed by atoms with Crippen LogP contribution in [0.5, 0.6) is 0 Å². The number of rotatable bonds is 68. The smallest absolute Gasteiger partial charge is 0.463 e. The molecule has 0 aromatic heterocycles. The van der Waals surface area contributed by atoms with Gasteiger partial charge in [-0.1, -0.05) is 264 Å². The second kappa shape index (κ2) is 69.6. The van der Waals surface area contributed by atoms with Crippen LogP contribution >= 0.6 is 15.6 Å². The molecule has 5 unspecified atom stereocenters. The van der Waals surface area contributed by atoms with E-state index in [9.17, 15) is 43.5 Å². The topological polar surface area (TPSA) is 231 Å². The molecule has 0 spiro atoms. The van der Waals surface area contributed by atoms with Crippen LogP contribution in [0, 0.1) is 0 Å². The first kappa shape index (κ1) is 90.7. The van der Waals surface area contributed by atoms with Gasteiger partial charge in [-0.25, -0.2) is 9.13 Å². The van der Waals surface area contributed by atoms with Crippen molar-refractivity contribution in [3.05, 3.63) is 134 Å². The van der Waals surface area contributed by atoms with Gasteiger partial charge in [-0.3, -0.25) is 32.5 Å². The first-order chi connectivity index (χ1) is 46.2. The molecule has 0 saturated heterocycles. The van der Waals surface area contributed by atoms with E-state index >= 15 is 0 Å². The summed E-state index contributed by atoms with van der Waals surface area (Å²) in [6, 6.07) is 0. The second-order valence-electron chi connectivity index (χ2n) is 23.9. The van der Waals surface area contributed by atoms with Gasteiger partial charge in [-0.15, -0.1) is 0 Å². The van der Waals surface area contributed by atoms with E-state index in [1.807, 2.05) is 0 Å². The van der Waals surface area contributed by atoms with Gasteiger partial charge in [0.1, 0.15) is 25.4 Å². The molecule has 0 rings (SSSR count). The van der Waals surface area contributed by atoms with Crippen LogP contribution in [-0.2, 0) is 55.8 Å². The summed E-state index contributed by atoms with van der Waals surface area (Å²) in [6.45, 7) is 2.30. The molecular formula is C77H130O16P2. The van der Waals surface area contributed by atoms with Crippen molar-refractivity contribution in [1.82, 2.24) is 0 Å². The molecule has 5 atom stereocenters. The van der Waals surface area contributed by atoms with Crippen LogP contribution in [0.4, 0.5) is 0 Å². The van der Waals surface area contributed by atoms with Crippen molar-refractivity contribution < 1.29 is 75.8 Å². The Morgan fingerprint density at radius 2 is 0.526 bits per heavy atom. The summed E-state index contributed by atoms with van der Waals surface area (Å²) in [5.74, 6) is -1.61. The lowest BCUT2D eigenvalue weighted by atomic mass is 10.0. The lowest BCUT2D eigenvalue weighted by Crippen LogP contribution is -2.30. The highest BCUT2D eigenvalue weighted by molar-refractivity contribution is 7.47. The van der Waals surface area contributed by atoms with Gasteiger partial charge in [0, 0.05) is 19.3 Å². The van der Waals surface area contributed by atoms with E-state index < -0.39 is 91.5 Å². The molecule has 0 bridgehead atoms. The fraction of sp³-hybridized carbons (Fsp3) is 0.675. The molecule has 16 nitrogen and oxygen atoms in total. The summed E-state index contributed by atoms with van der Waals surface area (Å²) in [7, 11) is -9.79. The van der Waals surface area contributed by atoms with Crippen molar-refractivity contribution in [2.45, 2.75) is 296 Å². The fourth-order valence-electron chi connectivity index (χ4n) is 9.39. The summed E-state index contributed by atoms with van der Waals surface area (Å²) in [6.07, 6.45) is 82.2. The maximum atomic E-state index is 12.9. The predicted molar refractivity (Wildman–Crippen MR) is 390 cm³/mol. The van der Waals surface area contributed by atoms with E-state index in [0.717, 1.165) is 173 Å². The van der Waals surface area contributed by atoms with E-state index in [-0.39, 0.29) is 19.3 Å². The number of hydrogen-bond donors (Lipinski definition) is 4. The van der Waals surface area contributed by atoms with Crippen molar-refractivity contribution in [3.63, 3.8) is 0 Å². The van der Waals surface area contributed by atoms with Gasteiger partial charge < -0.3 is 34.2 Å². The van der Waals surface area contributed by atoms with Crippen molar-refractivity contribution in [3.8, 4) is 0 Å². The Kier molecular flexibility index (Phi) is 66.4. The molecule has 0 aromatic rings. The Morgan fingerprint density at radius 3 is 0.832 bits per heavy atom. The largest absolute Gasteiger partial charge is 0.472 e. The number of ether oxygens (including phenoxy) is 3. The SMILES string of the molecule is CC/C=C\C/C=C\C/C=C\C/C=C\C/C=C\CCCCCCCCCCCCCC(=O)OCC(O)COP(=O)(O)OCC(O)COP(=O)(O)OCC(COC(=O)CCCCCCCCC/C=C\C/C=C\C/C=C\CC)OC(=O)CCCCCCC/C=C\C/C=C\C/C=C\CC. The molecule has 0 aromatic carbocycles. The number of aliphatic hydroxyl groups excluding tert-OH is 2. The van der Waals surface area contributed by atoms with Crippen LogP contribution < -0.4 is 0 Å². The Labute approximate surface area is 575 Å². The molecule has 95 heavy (non-hydrogen) atoms. The van der Waals surface area contributed by atoms with Crippen LogP contribution in [0.1, 0.15) is 278 Å². The lowest BCUT2D eigenvalue weighted by molar-refractivity contribution is -0.161. The molecule has 18 heteroatoms. The highest BCUT2D eigenvalue weighted by Gasteiger charge is 2.29. The van der Waals surface area contributed by atoms with Crippen LogP contribution in [0.2, 0.25) is 0 Å². The van der Waals surface area contributed by atoms with Crippen LogP contribution in [0.3, 0.4) is 0 Å². The molecule has 0 fully saturated rings. The van der Waals surface area contributed by atoms with E-state index in [1.54, 1.807) is 0 Å². The quantitative estimate of drug-likeness (QED) is 0.0146. The Hall–Kier alpha value is -4.31. The molecular weight excluding hydrogens is 1240 g/mol. The third-order valence-electron chi connectivity index (χ3n) is 14.9. The molecule has 0 amide bonds. The second-order valence-corrected chi connectivity index (χ2v) is 26.9. The van der Waals surface area contributed by atoms with Gasteiger partial charge in [0.15, 0.2) is 6.10 Å². The summed E-state index contributed by atoms with van der Waals surface area (Å²) in [4.78, 5) is 58.5. The molecule has 544 valence electrons. The number of allylic oxidation sites excluding steroid dienone is 22. The summed E-state index contributed by atoms with van der Waals surface area (Å²) in [5, 5.41) is 20.6. The summed E-state index contributed by atoms with van der Waals surface area (Å²) in [5.41, 5.74) is 0. The first-order valence-corrected chi connectivity index (χ1v) is 39.5. The zero-order valence-electron chi connectivity index (χ0n) is 59.0. The summed E-state index contributed by atoms with van der Waals surface area (Å²) < 4.78 is 61.0. The fourth-order valence-corrected chi connectivity index (χ4v) is 11.0. The molecule has 0 aliphatic heterocycles. The lowest BCUT2D eigenvalue weighted by Gasteiger charge is -2.21. The van der Waals surface area contributed by atoms with Gasteiger partial charge >= 0.3 is 33.6 Å². The minimum Gasteiger partial charge on any atom is -0.463 e. The Balaban J connectivity index is 4.56. The zero-order valence-corrected chi connectivity index (χ0v) is 60.8. The number of phosphoric ester groups is 2. The summed E-state index contributed by atoms with van der Waals surface area (Å²) >= 11 is 0. The van der Waals surface area contributed by atoms with Gasteiger partial charge in [0.05, 0.1) is 26.4 Å². The average Bonchev–Trinajstić information content (AvgIpc) is 2.05. The third kappa shape index (κ3) is 70.8. The first-order valence-electron chi connectivity index (χ1n) is 36.5. The minimum atomic E-state index is -4.94. The van der Waals surface area contributed by atoms with E-state index in [1.165, 1.54) is 44.9 Å². The van der Waals surface area contributed by atoms with Gasteiger partial charge in [-0.2, -0.15) is 0 Å². The number of esters is 3.